The van der Waals surface area contributed by atoms with Gasteiger partial charge in [-0.15, -0.1) is 0 Å². The highest BCUT2D eigenvalue weighted by molar-refractivity contribution is 9.10. The molecular formula is C19H18BrClF3NO5S. The van der Waals surface area contributed by atoms with E-state index in [4.69, 9.17) is 21.1 Å². The summed E-state index contributed by atoms with van der Waals surface area (Å²) in [5, 5.41) is 2.37. The molecule has 0 heterocycles. The van der Waals surface area contributed by atoms with E-state index in [9.17, 15) is 26.4 Å². The third kappa shape index (κ3) is 6.75. The minimum atomic E-state index is -5.01. The van der Waals surface area contributed by atoms with Crippen LogP contribution in [0.25, 0.3) is 0 Å². The zero-order valence-electron chi connectivity index (χ0n) is 16.5. The number of carbonyl (C=O) groups is 1. The molecule has 2 aromatic carbocycles. The van der Waals surface area contributed by atoms with Crippen LogP contribution in [0.15, 0.2) is 39.7 Å². The molecule has 0 fully saturated rings. The number of nitrogens with one attached hydrogen (secondary N) is 1. The molecular weight excluding hydrogens is 527 g/mol. The molecule has 0 bridgehead atoms. The van der Waals surface area contributed by atoms with Gasteiger partial charge in [-0.25, -0.2) is 17.6 Å². The third-order valence-corrected chi connectivity index (χ3v) is 6.13. The molecule has 0 unspecified atom stereocenters. The number of rotatable bonds is 6. The smallest absolute Gasteiger partial charge is 0.407 e. The molecule has 1 amide bonds. The summed E-state index contributed by atoms with van der Waals surface area (Å²) < 4.78 is 74.7. The average Bonchev–Trinajstić information content (AvgIpc) is 2.59. The predicted molar refractivity (Wildman–Crippen MR) is 112 cm³/mol. The second-order valence-electron chi connectivity index (χ2n) is 7.22. The maximum absolute atomic E-state index is 13.6. The number of ether oxygens (including phenoxy) is 2. The van der Waals surface area contributed by atoms with Crippen molar-refractivity contribution in [1.29, 1.82) is 0 Å². The second-order valence-corrected chi connectivity index (χ2v) is 10.3. The molecule has 0 saturated heterocycles. The van der Waals surface area contributed by atoms with E-state index in [1.54, 1.807) is 20.8 Å². The van der Waals surface area contributed by atoms with Crippen LogP contribution in [0.2, 0.25) is 5.02 Å². The van der Waals surface area contributed by atoms with Crippen LogP contribution < -0.4 is 10.1 Å². The Kier molecular flexibility index (Phi) is 7.88. The highest BCUT2D eigenvalue weighted by Gasteiger charge is 2.31. The van der Waals surface area contributed by atoms with Crippen molar-refractivity contribution in [3.05, 3.63) is 51.2 Å². The molecule has 31 heavy (non-hydrogen) atoms. The van der Waals surface area contributed by atoms with Gasteiger partial charge >= 0.3 is 11.9 Å². The lowest BCUT2D eigenvalue weighted by molar-refractivity contribution is 0.0523. The molecule has 170 valence electrons. The second kappa shape index (κ2) is 9.66. The number of amides is 1. The van der Waals surface area contributed by atoms with Crippen LogP contribution in [0.3, 0.4) is 0 Å². The molecule has 0 atom stereocenters. The van der Waals surface area contributed by atoms with Crippen molar-refractivity contribution in [2.24, 2.45) is 0 Å². The van der Waals surface area contributed by atoms with E-state index < -0.39 is 44.5 Å². The van der Waals surface area contributed by atoms with Crippen molar-refractivity contribution < 1.29 is 35.9 Å². The molecule has 12 heteroatoms. The summed E-state index contributed by atoms with van der Waals surface area (Å²) >= 11 is 8.92. The standard InChI is InChI=1S/C19H18BrClF3NO5S/c1-19(2,3)30-18(26)25-9-13-15(31(27,28)17(23)24)5-4-14(16(13)20)29-12-7-10(21)6-11(22)8-12/h4-8,17H,9H2,1-3H3,(H,25,26). The van der Waals surface area contributed by atoms with Gasteiger partial charge in [0.2, 0.25) is 9.84 Å². The van der Waals surface area contributed by atoms with E-state index in [0.29, 0.717) is 0 Å². The molecule has 0 spiro atoms. The summed E-state index contributed by atoms with van der Waals surface area (Å²) in [6.07, 6.45) is -0.886. The van der Waals surface area contributed by atoms with Gasteiger partial charge in [0.15, 0.2) is 0 Å². The largest absolute Gasteiger partial charge is 0.456 e. The summed E-state index contributed by atoms with van der Waals surface area (Å²) in [6, 6.07) is 5.42. The van der Waals surface area contributed by atoms with Crippen LogP contribution >= 0.6 is 27.5 Å². The Balaban J connectivity index is 2.47. The molecule has 0 aliphatic heterocycles. The molecule has 0 aromatic heterocycles. The molecule has 6 nitrogen and oxygen atoms in total. The van der Waals surface area contributed by atoms with E-state index in [1.165, 1.54) is 6.07 Å². The first kappa shape index (κ1) is 25.3. The van der Waals surface area contributed by atoms with Crippen molar-refractivity contribution in [3.63, 3.8) is 0 Å². The lowest BCUT2D eigenvalue weighted by Crippen LogP contribution is -2.32. The maximum atomic E-state index is 13.6. The van der Waals surface area contributed by atoms with E-state index in [-0.39, 0.29) is 26.6 Å². The molecule has 1 N–H and O–H groups in total. The van der Waals surface area contributed by atoms with Crippen molar-refractivity contribution in [3.8, 4) is 11.5 Å². The molecule has 0 radical (unpaired) electrons. The zero-order chi connectivity index (χ0) is 23.6. The zero-order valence-corrected chi connectivity index (χ0v) is 19.7. The van der Waals surface area contributed by atoms with Gasteiger partial charge in [-0.3, -0.25) is 0 Å². The van der Waals surface area contributed by atoms with Gasteiger partial charge in [0.25, 0.3) is 0 Å². The quantitative estimate of drug-likeness (QED) is 0.478. The van der Waals surface area contributed by atoms with E-state index in [0.717, 1.165) is 24.3 Å². The Morgan fingerprint density at radius 3 is 2.42 bits per heavy atom. The summed E-state index contributed by atoms with van der Waals surface area (Å²) in [5.41, 5.74) is -1.04. The van der Waals surface area contributed by atoms with Crippen molar-refractivity contribution in [2.45, 2.75) is 43.6 Å². The third-order valence-electron chi connectivity index (χ3n) is 3.58. The van der Waals surface area contributed by atoms with Gasteiger partial charge in [-0.1, -0.05) is 11.6 Å². The normalized spacial score (nSPS) is 12.0. The van der Waals surface area contributed by atoms with Crippen LogP contribution in [0.5, 0.6) is 11.5 Å². The fourth-order valence-corrected chi connectivity index (χ4v) is 4.25. The number of sulfone groups is 1. The topological polar surface area (TPSA) is 81.7 Å². The number of carbonyl (C=O) groups excluding carboxylic acids is 1. The number of halogens is 5. The average molecular weight is 545 g/mol. The monoisotopic (exact) mass is 543 g/mol. The van der Waals surface area contributed by atoms with Gasteiger partial charge in [0.1, 0.15) is 22.9 Å². The lowest BCUT2D eigenvalue weighted by Gasteiger charge is -2.21. The fraction of sp³-hybridized carbons (Fsp3) is 0.316. The lowest BCUT2D eigenvalue weighted by atomic mass is 10.2. The Morgan fingerprint density at radius 1 is 1.23 bits per heavy atom. The Labute approximate surface area is 190 Å². The van der Waals surface area contributed by atoms with E-state index in [1.807, 2.05) is 0 Å². The Morgan fingerprint density at radius 2 is 1.87 bits per heavy atom. The maximum Gasteiger partial charge on any atom is 0.407 e. The molecule has 0 saturated carbocycles. The number of alkyl carbamates (subject to hydrolysis) is 1. The first-order chi connectivity index (χ1) is 14.2. The molecule has 0 aliphatic carbocycles. The number of alkyl halides is 2. The first-order valence-corrected chi connectivity index (χ1v) is 11.4. The number of hydrogen-bond acceptors (Lipinski definition) is 5. The highest BCUT2D eigenvalue weighted by Crippen LogP contribution is 2.38. The summed E-state index contributed by atoms with van der Waals surface area (Å²) in [7, 11) is -5.01. The van der Waals surface area contributed by atoms with Crippen molar-refractivity contribution in [2.75, 3.05) is 0 Å². The van der Waals surface area contributed by atoms with Crippen molar-refractivity contribution in [1.82, 2.24) is 5.32 Å². The SMILES string of the molecule is CC(C)(C)OC(=O)NCc1c(S(=O)(=O)C(F)F)ccc(Oc2cc(F)cc(Cl)c2)c1Br. The van der Waals surface area contributed by atoms with E-state index in [2.05, 4.69) is 21.2 Å². The summed E-state index contributed by atoms with van der Waals surface area (Å²) in [4.78, 5) is 11.2. The van der Waals surface area contributed by atoms with Crippen molar-refractivity contribution >= 4 is 43.5 Å². The minimum Gasteiger partial charge on any atom is -0.456 e. The molecule has 0 aliphatic rings. The van der Waals surface area contributed by atoms with Gasteiger partial charge in [-0.05, 0) is 61.0 Å². The van der Waals surface area contributed by atoms with Gasteiger partial charge < -0.3 is 14.8 Å². The first-order valence-electron chi connectivity index (χ1n) is 8.65. The van der Waals surface area contributed by atoms with Crippen LogP contribution in [0.4, 0.5) is 18.0 Å². The highest BCUT2D eigenvalue weighted by atomic mass is 79.9. The van der Waals surface area contributed by atoms with E-state index >= 15 is 0 Å². The summed E-state index contributed by atoms with van der Waals surface area (Å²) in [6.45, 7) is 4.38. The minimum absolute atomic E-state index is 0.0128. The Hall–Kier alpha value is -1.98. The number of benzene rings is 2. The summed E-state index contributed by atoms with van der Waals surface area (Å²) in [5.74, 6) is -4.40. The number of hydrogen-bond donors (Lipinski definition) is 1. The Bertz CT molecular complexity index is 1070. The van der Waals surface area contributed by atoms with Gasteiger partial charge in [0, 0.05) is 23.2 Å². The van der Waals surface area contributed by atoms with Gasteiger partial charge in [0.05, 0.1) is 9.37 Å². The molecule has 2 aromatic rings. The fourth-order valence-electron chi connectivity index (χ4n) is 2.38. The van der Waals surface area contributed by atoms with Crippen LogP contribution in [-0.4, -0.2) is 25.9 Å². The predicted octanol–water partition coefficient (Wildman–Crippen LogP) is 6.05. The van der Waals surface area contributed by atoms with Gasteiger partial charge in [-0.2, -0.15) is 8.78 Å². The van der Waals surface area contributed by atoms with Crippen LogP contribution in [0, 0.1) is 5.82 Å². The van der Waals surface area contributed by atoms with Crippen LogP contribution in [0.1, 0.15) is 26.3 Å². The van der Waals surface area contributed by atoms with Crippen LogP contribution in [-0.2, 0) is 21.1 Å². The molecule has 2 rings (SSSR count).